The van der Waals surface area contributed by atoms with Crippen LogP contribution in [0.15, 0.2) is 30.3 Å². The molecule has 29 heavy (non-hydrogen) atoms. The molecule has 4 rings (SSSR count). The molecule has 0 radical (unpaired) electrons. The summed E-state index contributed by atoms with van der Waals surface area (Å²) in [6, 6.07) is 9.61. The van der Waals surface area contributed by atoms with Crippen molar-refractivity contribution in [3.05, 3.63) is 41.7 Å². The summed E-state index contributed by atoms with van der Waals surface area (Å²) in [6.45, 7) is 5.05. The molecule has 0 bridgehead atoms. The normalized spacial score (nSPS) is 18.6. The summed E-state index contributed by atoms with van der Waals surface area (Å²) in [5.41, 5.74) is 7.31. The van der Waals surface area contributed by atoms with Crippen molar-refractivity contribution in [2.45, 2.75) is 6.04 Å². The van der Waals surface area contributed by atoms with Crippen LogP contribution in [0.4, 0.5) is 22.0 Å². The molecular formula is C20H27FN6O2. The van der Waals surface area contributed by atoms with Gasteiger partial charge in [-0.15, -0.1) is 0 Å². The maximum absolute atomic E-state index is 15.3. The highest BCUT2D eigenvalue weighted by Crippen LogP contribution is 2.28. The largest absolute Gasteiger partial charge is 0.378 e. The number of benzene rings is 1. The van der Waals surface area contributed by atoms with Gasteiger partial charge >= 0.3 is 0 Å². The fraction of sp³-hybridized carbons (Fsp3) is 0.500. The summed E-state index contributed by atoms with van der Waals surface area (Å²) < 4.78 is 26.1. The Morgan fingerprint density at radius 1 is 0.931 bits per heavy atom. The Morgan fingerprint density at radius 3 is 1.97 bits per heavy atom. The van der Waals surface area contributed by atoms with E-state index in [1.165, 1.54) is 0 Å². The van der Waals surface area contributed by atoms with Crippen LogP contribution >= 0.6 is 0 Å². The topological polar surface area (TPSA) is 88.8 Å². The Balaban J connectivity index is 1.58. The molecule has 9 heteroatoms. The van der Waals surface area contributed by atoms with Gasteiger partial charge in [-0.1, -0.05) is 30.3 Å². The van der Waals surface area contributed by atoms with Crippen LogP contribution in [-0.2, 0) is 9.47 Å². The smallest absolute Gasteiger partial charge is 0.226 e. The van der Waals surface area contributed by atoms with Gasteiger partial charge in [0.05, 0.1) is 26.4 Å². The quantitative estimate of drug-likeness (QED) is 0.750. The van der Waals surface area contributed by atoms with E-state index >= 15 is 4.39 Å². The first-order valence-electron chi connectivity index (χ1n) is 9.99. The van der Waals surface area contributed by atoms with Crippen LogP contribution in [0, 0.1) is 5.82 Å². The third-order valence-electron chi connectivity index (χ3n) is 5.15. The number of rotatable bonds is 6. The molecule has 2 aromatic rings. The highest BCUT2D eigenvalue weighted by Gasteiger charge is 2.25. The lowest BCUT2D eigenvalue weighted by molar-refractivity contribution is 0.121. The average Bonchev–Trinajstić information content (AvgIpc) is 2.80. The second-order valence-electron chi connectivity index (χ2n) is 7.11. The van der Waals surface area contributed by atoms with Gasteiger partial charge in [-0.05, 0) is 5.56 Å². The molecule has 0 spiro atoms. The number of anilines is 3. The lowest BCUT2D eigenvalue weighted by Gasteiger charge is -2.32. The van der Waals surface area contributed by atoms with E-state index in [4.69, 9.17) is 15.2 Å². The minimum Gasteiger partial charge on any atom is -0.378 e. The predicted molar refractivity (Wildman–Crippen MR) is 110 cm³/mol. The van der Waals surface area contributed by atoms with Crippen molar-refractivity contribution >= 4 is 17.6 Å². The Hall–Kier alpha value is -2.49. The molecule has 1 aromatic carbocycles. The lowest BCUT2D eigenvalue weighted by atomic mass is 10.1. The van der Waals surface area contributed by atoms with Crippen molar-refractivity contribution in [1.82, 2.24) is 9.97 Å². The summed E-state index contributed by atoms with van der Waals surface area (Å²) in [4.78, 5) is 12.8. The van der Waals surface area contributed by atoms with Crippen LogP contribution in [0.2, 0.25) is 0 Å². The minimum absolute atomic E-state index is 0.219. The molecule has 2 aliphatic rings. The van der Waals surface area contributed by atoms with Crippen molar-refractivity contribution in [1.29, 1.82) is 0 Å². The number of hydrogen-bond donors (Lipinski definition) is 2. The molecule has 156 valence electrons. The van der Waals surface area contributed by atoms with Gasteiger partial charge in [0.25, 0.3) is 0 Å². The van der Waals surface area contributed by atoms with Crippen molar-refractivity contribution in [2.75, 3.05) is 74.3 Å². The van der Waals surface area contributed by atoms with Crippen molar-refractivity contribution < 1.29 is 13.9 Å². The van der Waals surface area contributed by atoms with Crippen molar-refractivity contribution in [3.8, 4) is 0 Å². The molecule has 1 unspecified atom stereocenters. The number of hydrogen-bond acceptors (Lipinski definition) is 8. The number of nitrogens with one attached hydrogen (secondary N) is 1. The molecule has 2 fully saturated rings. The van der Waals surface area contributed by atoms with E-state index in [0.29, 0.717) is 76.7 Å². The third kappa shape index (κ3) is 4.75. The molecule has 0 saturated carbocycles. The van der Waals surface area contributed by atoms with E-state index in [-0.39, 0.29) is 6.04 Å². The van der Waals surface area contributed by atoms with Crippen LogP contribution in [0.1, 0.15) is 11.6 Å². The maximum atomic E-state index is 15.3. The van der Waals surface area contributed by atoms with E-state index < -0.39 is 5.82 Å². The average molecular weight is 402 g/mol. The molecular weight excluding hydrogens is 375 g/mol. The van der Waals surface area contributed by atoms with Crippen molar-refractivity contribution in [2.24, 2.45) is 5.73 Å². The maximum Gasteiger partial charge on any atom is 0.226 e. The monoisotopic (exact) mass is 402 g/mol. The first-order chi connectivity index (χ1) is 14.2. The van der Waals surface area contributed by atoms with Gasteiger partial charge in [0.2, 0.25) is 11.8 Å². The third-order valence-corrected chi connectivity index (χ3v) is 5.15. The van der Waals surface area contributed by atoms with Gasteiger partial charge in [-0.2, -0.15) is 14.4 Å². The van der Waals surface area contributed by atoms with Gasteiger partial charge in [0.1, 0.15) is 0 Å². The molecule has 0 aliphatic carbocycles. The van der Waals surface area contributed by atoms with E-state index in [2.05, 4.69) is 15.3 Å². The Morgan fingerprint density at radius 2 is 1.45 bits per heavy atom. The number of nitrogens with zero attached hydrogens (tertiary/aromatic N) is 4. The molecule has 2 saturated heterocycles. The standard InChI is InChI=1S/C20H27FN6O2/c21-17-18(26-6-10-28-11-7-26)24-20(25-19(17)27-8-12-29-13-9-27)23-14-16(22)15-4-2-1-3-5-15/h1-5,16H,6-14,22H2,(H,23,24,25). The lowest BCUT2D eigenvalue weighted by Crippen LogP contribution is -2.40. The summed E-state index contributed by atoms with van der Waals surface area (Å²) >= 11 is 0. The van der Waals surface area contributed by atoms with Gasteiger partial charge in [0, 0.05) is 38.8 Å². The number of nitrogens with two attached hydrogens (primary N) is 1. The number of halogens is 1. The van der Waals surface area contributed by atoms with Gasteiger partial charge in [-0.3, -0.25) is 0 Å². The SMILES string of the molecule is NC(CNc1nc(N2CCOCC2)c(F)c(N2CCOCC2)n1)c1ccccc1. The highest BCUT2D eigenvalue weighted by atomic mass is 19.1. The molecule has 2 aliphatic heterocycles. The summed E-state index contributed by atoms with van der Waals surface area (Å²) in [5.74, 6) is 0.591. The number of ether oxygens (including phenoxy) is 2. The second kappa shape index (κ2) is 9.34. The highest BCUT2D eigenvalue weighted by molar-refractivity contribution is 5.57. The van der Waals surface area contributed by atoms with Crippen LogP contribution in [0.5, 0.6) is 0 Å². The molecule has 1 aromatic heterocycles. The Labute approximate surface area is 169 Å². The fourth-order valence-corrected chi connectivity index (χ4v) is 3.49. The second-order valence-corrected chi connectivity index (χ2v) is 7.11. The minimum atomic E-state index is -0.397. The Bertz CT molecular complexity index is 758. The van der Waals surface area contributed by atoms with Gasteiger partial charge < -0.3 is 30.3 Å². The van der Waals surface area contributed by atoms with Gasteiger partial charge in [-0.25, -0.2) is 0 Å². The molecule has 3 heterocycles. The molecule has 3 N–H and O–H groups in total. The van der Waals surface area contributed by atoms with Gasteiger partial charge in [0.15, 0.2) is 11.6 Å². The fourth-order valence-electron chi connectivity index (χ4n) is 3.49. The number of aromatic nitrogens is 2. The van der Waals surface area contributed by atoms with E-state index in [1.807, 2.05) is 40.1 Å². The van der Waals surface area contributed by atoms with E-state index in [0.717, 1.165) is 5.56 Å². The van der Waals surface area contributed by atoms with E-state index in [9.17, 15) is 0 Å². The summed E-state index contributed by atoms with van der Waals surface area (Å²) in [5, 5.41) is 3.20. The zero-order chi connectivity index (χ0) is 20.1. The number of morpholine rings is 2. The Kier molecular flexibility index (Phi) is 6.38. The summed E-state index contributed by atoms with van der Waals surface area (Å²) in [6.07, 6.45) is 0. The van der Waals surface area contributed by atoms with Crippen LogP contribution in [-0.4, -0.2) is 69.1 Å². The van der Waals surface area contributed by atoms with Crippen LogP contribution in [0.25, 0.3) is 0 Å². The van der Waals surface area contributed by atoms with E-state index in [1.54, 1.807) is 0 Å². The van der Waals surface area contributed by atoms with Crippen molar-refractivity contribution in [3.63, 3.8) is 0 Å². The van der Waals surface area contributed by atoms with Crippen LogP contribution in [0.3, 0.4) is 0 Å². The molecule has 0 amide bonds. The first kappa shape index (κ1) is 19.8. The van der Waals surface area contributed by atoms with Crippen LogP contribution < -0.4 is 20.9 Å². The predicted octanol–water partition coefficient (Wildman–Crippen LogP) is 1.40. The zero-order valence-electron chi connectivity index (χ0n) is 16.4. The molecule has 8 nitrogen and oxygen atoms in total. The zero-order valence-corrected chi connectivity index (χ0v) is 16.4. The first-order valence-corrected chi connectivity index (χ1v) is 9.99. The molecule has 1 atom stereocenters. The summed E-state index contributed by atoms with van der Waals surface area (Å²) in [7, 11) is 0.